The van der Waals surface area contributed by atoms with Crippen molar-refractivity contribution in [2.24, 2.45) is 0 Å². The number of phenols is 2. The Morgan fingerprint density at radius 2 is 0.621 bits per heavy atom. The van der Waals surface area contributed by atoms with Crippen LogP contribution in [0.3, 0.4) is 0 Å². The van der Waals surface area contributed by atoms with Gasteiger partial charge in [-0.3, -0.25) is 0 Å². The lowest BCUT2D eigenvalue weighted by Crippen LogP contribution is -2.25. The summed E-state index contributed by atoms with van der Waals surface area (Å²) < 4.78 is 12.8. The number of fused-ring (bicyclic) bond motifs is 8. The van der Waals surface area contributed by atoms with E-state index in [1.165, 1.54) is 13.8 Å². The van der Waals surface area contributed by atoms with Crippen LogP contribution < -0.4 is 9.47 Å². The molecule has 8 bridgehead atoms. The molecule has 0 heterocycles. The van der Waals surface area contributed by atoms with Crippen LogP contribution in [0.5, 0.6) is 23.0 Å². The van der Waals surface area contributed by atoms with Crippen LogP contribution in [0.2, 0.25) is 0 Å². The van der Waals surface area contributed by atoms with Crippen LogP contribution in [-0.4, -0.2) is 44.6 Å². The summed E-state index contributed by atoms with van der Waals surface area (Å²) in [6.45, 7) is 28.5. The zero-order valence-electron chi connectivity index (χ0n) is 37.0. The Balaban J connectivity index is 1.99. The summed E-state index contributed by atoms with van der Waals surface area (Å²) in [5.41, 5.74) is 8.23. The Morgan fingerprint density at radius 3 is 0.793 bits per heavy atom. The summed E-state index contributed by atoms with van der Waals surface area (Å²) in [6, 6.07) is 16.3. The number of rotatable bonds is 6. The molecule has 0 amide bonds. The number of phenolic OH excluding ortho intramolecular Hbond substituents is 2. The minimum Gasteiger partial charge on any atom is -0.507 e. The summed E-state index contributed by atoms with van der Waals surface area (Å²) in [7, 11) is 0. The van der Waals surface area contributed by atoms with Gasteiger partial charge in [-0.25, -0.2) is 9.59 Å². The van der Waals surface area contributed by atoms with E-state index in [0.717, 1.165) is 44.5 Å². The van der Waals surface area contributed by atoms with Gasteiger partial charge in [0.2, 0.25) is 0 Å². The number of aliphatic carboxylic acids is 2. The Kier molecular flexibility index (Phi) is 11.9. The highest BCUT2D eigenvalue weighted by atomic mass is 16.5. The molecule has 0 aliphatic heterocycles. The molecule has 1 aliphatic carbocycles. The van der Waals surface area contributed by atoms with Crippen molar-refractivity contribution in [3.8, 4) is 23.0 Å². The molecule has 4 aromatic carbocycles. The van der Waals surface area contributed by atoms with Crippen LogP contribution >= 0.6 is 0 Å². The molecule has 0 saturated carbocycles. The highest BCUT2D eigenvalue weighted by Gasteiger charge is 2.30. The topological polar surface area (TPSA) is 134 Å². The Morgan fingerprint density at radius 1 is 0.431 bits per heavy atom. The van der Waals surface area contributed by atoms with E-state index in [-0.39, 0.29) is 58.8 Å². The number of aromatic hydroxyl groups is 2. The van der Waals surface area contributed by atoms with E-state index in [2.05, 4.69) is 107 Å². The van der Waals surface area contributed by atoms with E-state index in [0.29, 0.717) is 33.8 Å². The number of carbonyl (C=O) groups is 2. The molecule has 8 nitrogen and oxygen atoms in total. The van der Waals surface area contributed by atoms with Gasteiger partial charge in [-0.2, -0.15) is 0 Å². The molecule has 0 unspecified atom stereocenters. The second kappa shape index (κ2) is 15.6. The molecule has 8 heteroatoms. The van der Waals surface area contributed by atoms with Gasteiger partial charge in [-0.1, -0.05) is 132 Å². The largest absolute Gasteiger partial charge is 0.507 e. The molecule has 0 spiro atoms. The van der Waals surface area contributed by atoms with Crippen LogP contribution in [-0.2, 0) is 56.9 Å². The monoisotopic (exact) mass is 792 g/mol. The van der Waals surface area contributed by atoms with Crippen LogP contribution in [0.15, 0.2) is 48.5 Å². The first-order valence-electron chi connectivity index (χ1n) is 20.4. The lowest BCUT2D eigenvalue weighted by atomic mass is 9.79. The fraction of sp³-hybridized carbons (Fsp3) is 0.480. The van der Waals surface area contributed by atoms with Gasteiger partial charge in [-0.05, 0) is 102 Å². The first-order chi connectivity index (χ1) is 26.5. The lowest BCUT2D eigenvalue weighted by Gasteiger charge is -2.28. The highest BCUT2D eigenvalue weighted by Crippen LogP contribution is 2.44. The number of hydrogen-bond donors (Lipinski definition) is 4. The van der Waals surface area contributed by atoms with Crippen molar-refractivity contribution < 1.29 is 39.5 Å². The molecular weight excluding hydrogens is 729 g/mol. The van der Waals surface area contributed by atoms with Crippen molar-refractivity contribution in [1.82, 2.24) is 0 Å². The van der Waals surface area contributed by atoms with Gasteiger partial charge in [0.15, 0.2) is 12.2 Å². The maximum absolute atomic E-state index is 12.3. The Labute approximate surface area is 345 Å². The Hall–Kier alpha value is -4.98. The van der Waals surface area contributed by atoms with E-state index >= 15 is 0 Å². The summed E-state index contributed by atoms with van der Waals surface area (Å²) in [6.07, 6.45) is -1.43. The fourth-order valence-corrected chi connectivity index (χ4v) is 7.40. The van der Waals surface area contributed by atoms with Crippen molar-refractivity contribution in [1.29, 1.82) is 0 Å². The Bertz CT molecular complexity index is 1980. The predicted molar refractivity (Wildman–Crippen MR) is 231 cm³/mol. The van der Waals surface area contributed by atoms with E-state index in [1.807, 2.05) is 24.3 Å². The van der Waals surface area contributed by atoms with Crippen LogP contribution in [0.4, 0.5) is 0 Å². The smallest absolute Gasteiger partial charge is 0.344 e. The first-order valence-corrected chi connectivity index (χ1v) is 20.4. The minimum absolute atomic E-state index is 0.0951. The van der Waals surface area contributed by atoms with Gasteiger partial charge < -0.3 is 29.9 Å². The van der Waals surface area contributed by atoms with E-state index in [4.69, 9.17) is 9.47 Å². The number of carboxylic acids is 2. The van der Waals surface area contributed by atoms with Gasteiger partial charge in [0.25, 0.3) is 0 Å². The van der Waals surface area contributed by atoms with Gasteiger partial charge in [0.05, 0.1) is 0 Å². The molecule has 4 N–H and O–H groups in total. The van der Waals surface area contributed by atoms with Gasteiger partial charge >= 0.3 is 11.9 Å². The SMILES string of the molecule is C[C@@H](Oc1c2cc(C(C)(C)C)cc1Cc1cc(C(C)(C)C)cc(c1O)Cc1cc(C(C)(C)C)cc(c1O[C@H](C)C(=O)O)Cc1cc(C(C)(C)C)cc(c1O)C2)C(=O)O. The zero-order valence-corrected chi connectivity index (χ0v) is 37.0. The summed E-state index contributed by atoms with van der Waals surface area (Å²) in [5.74, 6) is -1.19. The van der Waals surface area contributed by atoms with Crippen molar-refractivity contribution in [3.63, 3.8) is 0 Å². The van der Waals surface area contributed by atoms with Gasteiger partial charge in [0.1, 0.15) is 23.0 Å². The molecule has 0 saturated heterocycles. The number of benzene rings is 4. The average molecular weight is 793 g/mol. The number of hydrogen-bond acceptors (Lipinski definition) is 6. The first kappa shape index (κ1) is 44.1. The van der Waals surface area contributed by atoms with Crippen molar-refractivity contribution in [2.45, 2.75) is 156 Å². The van der Waals surface area contributed by atoms with Gasteiger partial charge in [-0.15, -0.1) is 0 Å². The van der Waals surface area contributed by atoms with Crippen molar-refractivity contribution >= 4 is 11.9 Å². The van der Waals surface area contributed by atoms with E-state index in [9.17, 15) is 30.0 Å². The van der Waals surface area contributed by atoms with Crippen LogP contribution in [0.25, 0.3) is 0 Å². The molecule has 4 aromatic rings. The number of carboxylic acid groups (broad SMARTS) is 2. The molecule has 1 aliphatic rings. The van der Waals surface area contributed by atoms with Gasteiger partial charge in [0, 0.05) is 25.7 Å². The third-order valence-corrected chi connectivity index (χ3v) is 11.3. The summed E-state index contributed by atoms with van der Waals surface area (Å²) in [5, 5.41) is 44.9. The molecule has 58 heavy (non-hydrogen) atoms. The number of ether oxygens (including phenoxy) is 2. The van der Waals surface area contributed by atoms with Crippen LogP contribution in [0.1, 0.15) is 164 Å². The maximum Gasteiger partial charge on any atom is 0.344 e. The molecule has 312 valence electrons. The molecule has 0 aromatic heterocycles. The van der Waals surface area contributed by atoms with E-state index in [1.54, 1.807) is 0 Å². The minimum atomic E-state index is -1.17. The molecule has 2 atom stereocenters. The molecular formula is C50H64O8. The molecule has 5 rings (SSSR count). The molecule has 0 fully saturated rings. The lowest BCUT2D eigenvalue weighted by molar-refractivity contribution is -0.145. The highest BCUT2D eigenvalue weighted by molar-refractivity contribution is 5.73. The second-order valence-corrected chi connectivity index (χ2v) is 20.4. The summed E-state index contributed by atoms with van der Waals surface area (Å²) >= 11 is 0. The third kappa shape index (κ3) is 9.65. The third-order valence-electron chi connectivity index (χ3n) is 11.3. The maximum atomic E-state index is 12.3. The summed E-state index contributed by atoms with van der Waals surface area (Å²) in [4.78, 5) is 24.7. The normalized spacial score (nSPS) is 14.7. The predicted octanol–water partition coefficient (Wildman–Crippen LogP) is 10.7. The fourth-order valence-electron chi connectivity index (χ4n) is 7.40. The zero-order chi connectivity index (χ0) is 43.4. The average Bonchev–Trinajstić information content (AvgIpc) is 3.07. The van der Waals surface area contributed by atoms with Crippen molar-refractivity contribution in [3.05, 3.63) is 115 Å². The van der Waals surface area contributed by atoms with E-state index < -0.39 is 24.1 Å². The molecule has 0 radical (unpaired) electrons. The van der Waals surface area contributed by atoms with Crippen LogP contribution in [0, 0.1) is 0 Å². The van der Waals surface area contributed by atoms with Crippen molar-refractivity contribution in [2.75, 3.05) is 0 Å². The quantitative estimate of drug-likeness (QED) is 0.134. The second-order valence-electron chi connectivity index (χ2n) is 20.4. The standard InChI is InChI=1S/C50H64O8/c1-27(45(53)54)57-43-33-15-29-19-37(47(3,4)5)21-31(41(29)51)17-35-25-40(50(12,13)14)26-36(44(35)58-28(2)46(55)56)18-32-22-38(48(6,7)8)20-30(42(32)52)16-34(43)24-39(23-33)49(9,10)11/h19-28,51-52H,15-18H2,1-14H3,(H,53,54)(H,55,56)/t27-,28-/m1/s1.